The average molecular weight is 244 g/mol. The molecule has 0 aliphatic carbocycles. The van der Waals surface area contributed by atoms with Gasteiger partial charge in [-0.1, -0.05) is 22.0 Å². The molecule has 0 bridgehead atoms. The van der Waals surface area contributed by atoms with Gasteiger partial charge >= 0.3 is 0 Å². The summed E-state index contributed by atoms with van der Waals surface area (Å²) < 4.78 is 14.2. The van der Waals surface area contributed by atoms with Crippen LogP contribution in [-0.4, -0.2) is 12.7 Å². The van der Waals surface area contributed by atoms with Gasteiger partial charge in [0.25, 0.3) is 0 Å². The Balaban J connectivity index is 2.40. The molecule has 1 atom stereocenters. The number of benzene rings is 1. The van der Waals surface area contributed by atoms with Gasteiger partial charge in [0, 0.05) is 23.1 Å². The monoisotopic (exact) mass is 243 g/mol. The highest BCUT2D eigenvalue weighted by molar-refractivity contribution is 9.10. The molecule has 0 amide bonds. The number of anilines is 1. The van der Waals surface area contributed by atoms with E-state index < -0.39 is 6.17 Å². The van der Waals surface area contributed by atoms with Crippen LogP contribution in [0.4, 0.5) is 10.1 Å². The van der Waals surface area contributed by atoms with Gasteiger partial charge in [-0.2, -0.15) is 0 Å². The van der Waals surface area contributed by atoms with Crippen molar-refractivity contribution in [2.45, 2.75) is 19.0 Å². The number of alkyl halides is 1. The lowest BCUT2D eigenvalue weighted by atomic mass is 10.1. The fourth-order valence-electron chi connectivity index (χ4n) is 1.62. The van der Waals surface area contributed by atoms with Crippen molar-refractivity contribution < 1.29 is 4.39 Å². The van der Waals surface area contributed by atoms with Gasteiger partial charge < -0.3 is 5.32 Å². The number of hydrogen-bond acceptors (Lipinski definition) is 1. The van der Waals surface area contributed by atoms with Crippen molar-refractivity contribution >= 4 is 21.6 Å². The minimum Gasteiger partial charge on any atom is -0.385 e. The lowest BCUT2D eigenvalue weighted by Gasteiger charge is -2.08. The van der Waals surface area contributed by atoms with Crippen LogP contribution < -0.4 is 5.32 Å². The van der Waals surface area contributed by atoms with Crippen LogP contribution in [0.1, 0.15) is 12.0 Å². The molecular weight excluding hydrogens is 233 g/mol. The molecule has 3 heteroatoms. The third kappa shape index (κ3) is 1.85. The third-order valence-electron chi connectivity index (χ3n) is 2.32. The van der Waals surface area contributed by atoms with Gasteiger partial charge in [0.05, 0.1) is 0 Å². The SMILES string of the molecule is FC1CCNc2cccc(Br)c2C1. The second kappa shape index (κ2) is 3.66. The van der Waals surface area contributed by atoms with Gasteiger partial charge in [0.1, 0.15) is 6.17 Å². The number of halogens is 2. The average Bonchev–Trinajstić information content (AvgIpc) is 2.28. The molecule has 1 aliphatic heterocycles. The Morgan fingerprint density at radius 3 is 3.15 bits per heavy atom. The molecule has 1 heterocycles. The lowest BCUT2D eigenvalue weighted by Crippen LogP contribution is -2.05. The van der Waals surface area contributed by atoms with Gasteiger partial charge in [-0.05, 0) is 24.1 Å². The molecule has 0 saturated heterocycles. The zero-order valence-electron chi connectivity index (χ0n) is 7.19. The van der Waals surface area contributed by atoms with Crippen LogP contribution in [0.2, 0.25) is 0 Å². The summed E-state index contributed by atoms with van der Waals surface area (Å²) in [5.41, 5.74) is 2.13. The van der Waals surface area contributed by atoms with Gasteiger partial charge in [0.15, 0.2) is 0 Å². The first-order chi connectivity index (χ1) is 6.27. The quantitative estimate of drug-likeness (QED) is 0.739. The van der Waals surface area contributed by atoms with Crippen molar-refractivity contribution in [3.63, 3.8) is 0 Å². The van der Waals surface area contributed by atoms with Crippen LogP contribution in [0.15, 0.2) is 22.7 Å². The minimum atomic E-state index is -0.715. The molecule has 1 aromatic carbocycles. The number of hydrogen-bond donors (Lipinski definition) is 1. The minimum absolute atomic E-state index is 0.518. The summed E-state index contributed by atoms with van der Waals surface area (Å²) in [6, 6.07) is 5.92. The van der Waals surface area contributed by atoms with Gasteiger partial charge in [-0.15, -0.1) is 0 Å². The Kier molecular flexibility index (Phi) is 2.54. The molecule has 1 nitrogen and oxygen atoms in total. The highest BCUT2D eigenvalue weighted by atomic mass is 79.9. The maximum atomic E-state index is 13.2. The van der Waals surface area contributed by atoms with Crippen LogP contribution in [-0.2, 0) is 6.42 Å². The molecular formula is C10H11BrFN. The van der Waals surface area contributed by atoms with E-state index in [4.69, 9.17) is 0 Å². The fourth-order valence-corrected chi connectivity index (χ4v) is 2.15. The third-order valence-corrected chi connectivity index (χ3v) is 3.06. The Morgan fingerprint density at radius 2 is 2.31 bits per heavy atom. The molecule has 0 spiro atoms. The van der Waals surface area contributed by atoms with Crippen LogP contribution in [0.25, 0.3) is 0 Å². The smallest absolute Gasteiger partial charge is 0.106 e. The topological polar surface area (TPSA) is 12.0 Å². The van der Waals surface area contributed by atoms with Crippen molar-refractivity contribution in [1.82, 2.24) is 0 Å². The number of fused-ring (bicyclic) bond motifs is 1. The molecule has 13 heavy (non-hydrogen) atoms. The van der Waals surface area contributed by atoms with E-state index in [9.17, 15) is 4.39 Å². The van der Waals surface area contributed by atoms with E-state index in [1.54, 1.807) is 0 Å². The lowest BCUT2D eigenvalue weighted by molar-refractivity contribution is 0.322. The van der Waals surface area contributed by atoms with Crippen LogP contribution >= 0.6 is 15.9 Å². The highest BCUT2D eigenvalue weighted by Crippen LogP contribution is 2.29. The summed E-state index contributed by atoms with van der Waals surface area (Å²) in [7, 11) is 0. The van der Waals surface area contributed by atoms with Crippen molar-refractivity contribution in [3.8, 4) is 0 Å². The summed E-state index contributed by atoms with van der Waals surface area (Å²) in [4.78, 5) is 0. The van der Waals surface area contributed by atoms with Crippen molar-refractivity contribution in [2.75, 3.05) is 11.9 Å². The summed E-state index contributed by atoms with van der Waals surface area (Å²) in [5.74, 6) is 0. The fraction of sp³-hybridized carbons (Fsp3) is 0.400. The second-order valence-electron chi connectivity index (χ2n) is 3.28. The Bertz CT molecular complexity index is 314. The van der Waals surface area contributed by atoms with Crippen LogP contribution in [0.3, 0.4) is 0 Å². The Labute approximate surface area is 85.5 Å². The summed E-state index contributed by atoms with van der Waals surface area (Å²) in [5, 5.41) is 3.23. The predicted molar refractivity (Wildman–Crippen MR) is 55.8 cm³/mol. The largest absolute Gasteiger partial charge is 0.385 e. The van der Waals surface area contributed by atoms with Crippen LogP contribution in [0.5, 0.6) is 0 Å². The zero-order chi connectivity index (χ0) is 9.26. The summed E-state index contributed by atoms with van der Waals surface area (Å²) >= 11 is 3.44. The summed E-state index contributed by atoms with van der Waals surface area (Å²) in [6.07, 6.45) is 0.401. The predicted octanol–water partition coefficient (Wildman–Crippen LogP) is 3.15. The Morgan fingerprint density at radius 1 is 1.46 bits per heavy atom. The second-order valence-corrected chi connectivity index (χ2v) is 4.14. The van der Waals surface area contributed by atoms with Crippen molar-refractivity contribution in [1.29, 1.82) is 0 Å². The van der Waals surface area contributed by atoms with Crippen LogP contribution in [0, 0.1) is 0 Å². The summed E-state index contributed by atoms with van der Waals surface area (Å²) in [6.45, 7) is 0.727. The van der Waals surface area contributed by atoms with E-state index >= 15 is 0 Å². The molecule has 0 fully saturated rings. The number of nitrogens with one attached hydrogen (secondary N) is 1. The Hall–Kier alpha value is -0.570. The van der Waals surface area contributed by atoms with E-state index in [0.717, 1.165) is 22.3 Å². The first kappa shape index (κ1) is 9.00. The molecule has 0 saturated carbocycles. The van der Waals surface area contributed by atoms with E-state index in [1.165, 1.54) is 0 Å². The molecule has 1 N–H and O–H groups in total. The van der Waals surface area contributed by atoms with Gasteiger partial charge in [0.2, 0.25) is 0 Å². The molecule has 0 aromatic heterocycles. The first-order valence-corrected chi connectivity index (χ1v) is 5.22. The molecule has 1 aromatic rings. The van der Waals surface area contributed by atoms with E-state index in [-0.39, 0.29) is 0 Å². The van der Waals surface area contributed by atoms with Crippen molar-refractivity contribution in [2.24, 2.45) is 0 Å². The van der Waals surface area contributed by atoms with E-state index in [2.05, 4.69) is 21.2 Å². The molecule has 2 rings (SSSR count). The molecule has 1 aliphatic rings. The molecule has 0 radical (unpaired) electrons. The number of rotatable bonds is 0. The maximum absolute atomic E-state index is 13.2. The van der Waals surface area contributed by atoms with Gasteiger partial charge in [-0.25, -0.2) is 4.39 Å². The van der Waals surface area contributed by atoms with Crippen molar-refractivity contribution in [3.05, 3.63) is 28.2 Å². The normalized spacial score (nSPS) is 21.5. The molecule has 70 valence electrons. The van der Waals surface area contributed by atoms with E-state index in [1.807, 2.05) is 18.2 Å². The maximum Gasteiger partial charge on any atom is 0.106 e. The zero-order valence-corrected chi connectivity index (χ0v) is 8.77. The highest BCUT2D eigenvalue weighted by Gasteiger charge is 2.16. The van der Waals surface area contributed by atoms with E-state index in [0.29, 0.717) is 12.8 Å². The standard InChI is InChI=1S/C10H11BrFN/c11-9-2-1-3-10-8(9)6-7(12)4-5-13-10/h1-3,7,13H,4-6H2. The van der Waals surface area contributed by atoms with Gasteiger partial charge in [-0.3, -0.25) is 0 Å². The molecule has 1 unspecified atom stereocenters. The first-order valence-electron chi connectivity index (χ1n) is 4.42.